The molecule has 0 saturated heterocycles. The molecule has 1 radical (unpaired) electrons. The van der Waals surface area contributed by atoms with Crippen molar-refractivity contribution in [1.29, 1.82) is 15.8 Å². The average molecular weight is 339 g/mol. The van der Waals surface area contributed by atoms with Crippen molar-refractivity contribution in [2.45, 2.75) is 0 Å². The normalized spacial score (nSPS) is 0.750. The molecule has 0 fully saturated rings. The molecule has 0 aromatic carbocycles. The van der Waals surface area contributed by atoms with E-state index in [2.05, 4.69) is 0 Å². The van der Waals surface area contributed by atoms with E-state index < -0.39 is 0 Å². The van der Waals surface area contributed by atoms with Gasteiger partial charge in [0, 0.05) is 17.1 Å². The van der Waals surface area contributed by atoms with Crippen molar-refractivity contribution in [3.8, 4) is 0 Å². The summed E-state index contributed by atoms with van der Waals surface area (Å²) in [6, 6.07) is 0. The van der Waals surface area contributed by atoms with E-state index in [9.17, 15) is 0 Å². The molecule has 0 spiro atoms. The first-order valence-corrected chi connectivity index (χ1v) is 0.671. The first-order chi connectivity index (χ1) is 3.00. The van der Waals surface area contributed by atoms with Crippen molar-refractivity contribution in [1.82, 2.24) is 0 Å². The zero-order valence-corrected chi connectivity index (χ0v) is 6.55. The molecule has 0 aliphatic heterocycles. The zero-order chi connectivity index (χ0) is 6.00. The number of rotatable bonds is 0. The molecule has 8 heavy (non-hydrogen) atoms. The molecule has 49 valence electrons. The summed E-state index contributed by atoms with van der Waals surface area (Å²) in [6.07, 6.45) is 0. The van der Waals surface area contributed by atoms with Gasteiger partial charge in [0.1, 0.15) is 0 Å². The molecule has 0 aliphatic rings. The van der Waals surface area contributed by atoms with E-state index in [1.54, 1.807) is 0 Å². The molecule has 0 bridgehead atoms. The molecule has 3 nitrogen and oxygen atoms in total. The van der Waals surface area contributed by atoms with Crippen LogP contribution in [0.25, 0.3) is 0 Å². The summed E-state index contributed by atoms with van der Waals surface area (Å²) in [6.45, 7) is 14.2. The number of hydrogen-bond acceptors (Lipinski definition) is 3. The smallest absolute Gasteiger partial charge is 0.512 e. The van der Waals surface area contributed by atoms with Crippen LogP contribution in [0.5, 0.6) is 0 Å². The van der Waals surface area contributed by atoms with Crippen molar-refractivity contribution in [3.05, 3.63) is 19.7 Å². The first-order valence-electron chi connectivity index (χ1n) is 0.671. The molecule has 0 aliphatic carbocycles. The molecular formula is C3AuCuN3. The van der Waals surface area contributed by atoms with E-state index in [1.807, 2.05) is 0 Å². The van der Waals surface area contributed by atoms with Crippen LogP contribution in [0, 0.1) is 35.5 Å². The maximum atomic E-state index is 6.25. The third-order valence-electron chi connectivity index (χ3n) is 0. The van der Waals surface area contributed by atoms with E-state index >= 15 is 0 Å². The Morgan fingerprint density at radius 2 is 0.625 bits per heavy atom. The zero-order valence-electron chi connectivity index (χ0n) is 3.44. The maximum Gasteiger partial charge on any atom is 3.00 e. The Morgan fingerprint density at radius 3 is 0.625 bits per heavy atom. The van der Waals surface area contributed by atoms with Gasteiger partial charge in [-0.15, -0.1) is 0 Å². The first kappa shape index (κ1) is 47.0. The van der Waals surface area contributed by atoms with Crippen molar-refractivity contribution in [2.75, 3.05) is 0 Å². The van der Waals surface area contributed by atoms with E-state index in [4.69, 9.17) is 35.5 Å². The Hall–Kier alpha value is -0.270. The fourth-order valence-corrected chi connectivity index (χ4v) is 0. The largest absolute Gasteiger partial charge is 3.00 e. The van der Waals surface area contributed by atoms with Crippen molar-refractivity contribution in [2.24, 2.45) is 0 Å². The number of hydrogen-bond donors (Lipinski definition) is 0. The van der Waals surface area contributed by atoms with E-state index in [1.165, 1.54) is 0 Å². The maximum absolute atomic E-state index is 6.25. The predicted molar refractivity (Wildman–Crippen MR) is 14.9 cm³/mol. The topological polar surface area (TPSA) is 71.4 Å². The van der Waals surface area contributed by atoms with Gasteiger partial charge in [-0.1, -0.05) is 0 Å². The van der Waals surface area contributed by atoms with Crippen molar-refractivity contribution >= 4 is 0 Å². The standard InChI is InChI=1S/3CN.Au.Cu/c3*1-2;;/q3*-1;+3;. The van der Waals surface area contributed by atoms with Gasteiger partial charge in [-0.25, -0.2) is 0 Å². The van der Waals surface area contributed by atoms with Crippen molar-refractivity contribution < 1.29 is 39.4 Å². The third-order valence-corrected chi connectivity index (χ3v) is 0. The predicted octanol–water partition coefficient (Wildman–Crippen LogP) is 0.284. The molecule has 0 saturated carbocycles. The summed E-state index contributed by atoms with van der Waals surface area (Å²) in [4.78, 5) is 0. The summed E-state index contributed by atoms with van der Waals surface area (Å²) in [5, 5.41) is 18.8. The Labute approximate surface area is 74.9 Å². The molecule has 5 heteroatoms. The Bertz CT molecular complexity index is 43.0. The Kier molecular flexibility index (Phi) is 17800. The fourth-order valence-electron chi connectivity index (χ4n) is 0. The average Bonchev–Trinajstić information content (AvgIpc) is 1.81. The monoisotopic (exact) mass is 338 g/mol. The second-order valence-corrected chi connectivity index (χ2v) is 0. The molecule has 0 N–H and O–H groups in total. The van der Waals surface area contributed by atoms with Crippen LogP contribution in [0.3, 0.4) is 0 Å². The fraction of sp³-hybridized carbons (Fsp3) is 0. The molecule has 0 aromatic rings. The van der Waals surface area contributed by atoms with Crippen LogP contribution >= 0.6 is 0 Å². The summed E-state index contributed by atoms with van der Waals surface area (Å²) in [7, 11) is 0. The quantitative estimate of drug-likeness (QED) is 0.471. The Morgan fingerprint density at radius 1 is 0.625 bits per heavy atom. The minimum Gasteiger partial charge on any atom is -0.512 e. The van der Waals surface area contributed by atoms with Crippen molar-refractivity contribution in [3.63, 3.8) is 0 Å². The second-order valence-electron chi connectivity index (χ2n) is 0. The summed E-state index contributed by atoms with van der Waals surface area (Å²) >= 11 is 0. The van der Waals surface area contributed by atoms with Gasteiger partial charge >= 0.3 is 22.4 Å². The van der Waals surface area contributed by atoms with Crippen LogP contribution in [0.2, 0.25) is 0 Å². The molecule has 0 aromatic heterocycles. The van der Waals surface area contributed by atoms with E-state index in [0.29, 0.717) is 0 Å². The van der Waals surface area contributed by atoms with Gasteiger partial charge in [0.25, 0.3) is 0 Å². The van der Waals surface area contributed by atoms with Gasteiger partial charge in [0.05, 0.1) is 0 Å². The van der Waals surface area contributed by atoms with E-state index in [-0.39, 0.29) is 39.4 Å². The van der Waals surface area contributed by atoms with Gasteiger partial charge in [0.15, 0.2) is 0 Å². The van der Waals surface area contributed by atoms with Gasteiger partial charge in [-0.2, -0.15) is 0 Å². The van der Waals surface area contributed by atoms with Crippen LogP contribution in [0.1, 0.15) is 0 Å². The minimum absolute atomic E-state index is 0. The van der Waals surface area contributed by atoms with Gasteiger partial charge in [-0.05, 0) is 0 Å². The third kappa shape index (κ3) is 1750. The molecule has 0 unspecified atom stereocenters. The van der Waals surface area contributed by atoms with Crippen LogP contribution in [0.4, 0.5) is 0 Å². The summed E-state index contributed by atoms with van der Waals surface area (Å²) in [5.41, 5.74) is 0. The van der Waals surface area contributed by atoms with Gasteiger partial charge in [0.2, 0.25) is 0 Å². The summed E-state index contributed by atoms with van der Waals surface area (Å²) < 4.78 is 0. The van der Waals surface area contributed by atoms with Crippen LogP contribution in [0.15, 0.2) is 0 Å². The molecule has 0 rings (SSSR count). The molecule has 0 atom stereocenters. The SMILES string of the molecule is [Au+3].[C-]#N.[C-]#N.[C-]#N.[Cu]. The molecule has 0 heterocycles. The number of nitrogens with zero attached hydrogens (tertiary/aromatic N) is 3. The van der Waals surface area contributed by atoms with Gasteiger partial charge < -0.3 is 35.5 Å². The van der Waals surface area contributed by atoms with E-state index in [0.717, 1.165) is 0 Å². The van der Waals surface area contributed by atoms with Gasteiger partial charge in [-0.3, -0.25) is 0 Å². The van der Waals surface area contributed by atoms with Crippen LogP contribution < -0.4 is 0 Å². The Balaban J connectivity index is -0.00000000500. The van der Waals surface area contributed by atoms with Crippen LogP contribution in [-0.4, -0.2) is 0 Å². The minimum atomic E-state index is 0. The van der Waals surface area contributed by atoms with Crippen LogP contribution in [-0.2, 0) is 39.4 Å². The second kappa shape index (κ2) is 3020. The molecule has 0 amide bonds. The summed E-state index contributed by atoms with van der Waals surface area (Å²) in [5.74, 6) is 0. The molecular weight excluding hydrogens is 339 g/mol.